The van der Waals surface area contributed by atoms with Crippen molar-refractivity contribution in [1.29, 1.82) is 5.26 Å². The molecule has 1 unspecified atom stereocenters. The first-order chi connectivity index (χ1) is 11.6. The van der Waals surface area contributed by atoms with E-state index in [4.69, 9.17) is 0 Å². The van der Waals surface area contributed by atoms with Gasteiger partial charge in [0.2, 0.25) is 5.91 Å². The lowest BCUT2D eigenvalue weighted by molar-refractivity contribution is -0.120. The fourth-order valence-corrected chi connectivity index (χ4v) is 2.77. The summed E-state index contributed by atoms with van der Waals surface area (Å²) in [7, 11) is 0. The van der Waals surface area contributed by atoms with Crippen LogP contribution in [0.5, 0.6) is 0 Å². The smallest absolute Gasteiger partial charge is 0.240 e. The van der Waals surface area contributed by atoms with Gasteiger partial charge in [0.25, 0.3) is 0 Å². The first-order valence-corrected chi connectivity index (χ1v) is 8.09. The molecule has 24 heavy (non-hydrogen) atoms. The van der Waals surface area contributed by atoms with Crippen LogP contribution >= 0.6 is 0 Å². The number of carbonyl (C=O) groups excluding carboxylic acids is 1. The van der Waals surface area contributed by atoms with Crippen LogP contribution in [0.3, 0.4) is 0 Å². The van der Waals surface area contributed by atoms with Crippen LogP contribution in [-0.2, 0) is 4.79 Å². The average Bonchev–Trinajstić information content (AvgIpc) is 3.46. The maximum atomic E-state index is 12.2. The number of pyridine rings is 1. The van der Waals surface area contributed by atoms with Gasteiger partial charge < -0.3 is 10.6 Å². The third kappa shape index (κ3) is 3.54. The SMILES string of the molecule is CC(C#N)(NC(=O)CNc1cccnc1-c1ccccc1)C1CC1. The van der Waals surface area contributed by atoms with Gasteiger partial charge in [-0.2, -0.15) is 5.26 Å². The second kappa shape index (κ2) is 6.71. The van der Waals surface area contributed by atoms with Crippen LogP contribution in [0.1, 0.15) is 19.8 Å². The molecule has 0 saturated heterocycles. The van der Waals surface area contributed by atoms with Gasteiger partial charge in [0.1, 0.15) is 5.54 Å². The minimum Gasteiger partial charge on any atom is -0.374 e. The number of nitriles is 1. The minimum absolute atomic E-state index is 0.107. The molecule has 1 aliphatic carbocycles. The number of amides is 1. The summed E-state index contributed by atoms with van der Waals surface area (Å²) in [5.41, 5.74) is 1.82. The van der Waals surface area contributed by atoms with E-state index in [9.17, 15) is 10.1 Å². The quantitative estimate of drug-likeness (QED) is 0.858. The second-order valence-electron chi connectivity index (χ2n) is 6.26. The van der Waals surface area contributed by atoms with Crippen LogP contribution in [0.2, 0.25) is 0 Å². The summed E-state index contributed by atoms with van der Waals surface area (Å²) >= 11 is 0. The molecule has 5 nitrogen and oxygen atoms in total. The van der Waals surface area contributed by atoms with E-state index in [-0.39, 0.29) is 18.4 Å². The predicted octanol–water partition coefficient (Wildman–Crippen LogP) is 2.97. The Balaban J connectivity index is 1.67. The molecule has 1 heterocycles. The highest BCUT2D eigenvalue weighted by atomic mass is 16.2. The van der Waals surface area contributed by atoms with Gasteiger partial charge in [-0.05, 0) is 37.8 Å². The topological polar surface area (TPSA) is 77.8 Å². The van der Waals surface area contributed by atoms with Crippen molar-refractivity contribution in [2.75, 3.05) is 11.9 Å². The number of rotatable bonds is 6. The van der Waals surface area contributed by atoms with Crippen molar-refractivity contribution in [2.24, 2.45) is 5.92 Å². The Bertz CT molecular complexity index is 764. The van der Waals surface area contributed by atoms with E-state index in [1.54, 1.807) is 13.1 Å². The molecule has 1 amide bonds. The number of hydrogen-bond donors (Lipinski definition) is 2. The van der Waals surface area contributed by atoms with Crippen LogP contribution < -0.4 is 10.6 Å². The molecule has 5 heteroatoms. The molecule has 2 aromatic rings. The van der Waals surface area contributed by atoms with E-state index in [1.807, 2.05) is 42.5 Å². The Kier molecular flexibility index (Phi) is 4.48. The average molecular weight is 320 g/mol. The number of hydrogen-bond acceptors (Lipinski definition) is 4. The van der Waals surface area contributed by atoms with E-state index in [2.05, 4.69) is 21.7 Å². The van der Waals surface area contributed by atoms with Gasteiger partial charge in [0.15, 0.2) is 0 Å². The monoisotopic (exact) mass is 320 g/mol. The first kappa shape index (κ1) is 16.0. The molecule has 3 rings (SSSR count). The zero-order chi connectivity index (χ0) is 17.0. The molecule has 1 atom stereocenters. The highest BCUT2D eigenvalue weighted by molar-refractivity contribution is 5.84. The summed E-state index contributed by atoms with van der Waals surface area (Å²) in [6, 6.07) is 15.8. The van der Waals surface area contributed by atoms with Crippen molar-refractivity contribution >= 4 is 11.6 Å². The maximum Gasteiger partial charge on any atom is 0.240 e. The number of carbonyl (C=O) groups is 1. The number of nitrogens with one attached hydrogen (secondary N) is 2. The molecule has 1 saturated carbocycles. The van der Waals surface area contributed by atoms with Crippen molar-refractivity contribution in [1.82, 2.24) is 10.3 Å². The van der Waals surface area contributed by atoms with Gasteiger partial charge in [-0.25, -0.2) is 0 Å². The fraction of sp³-hybridized carbons (Fsp3) is 0.316. The standard InChI is InChI=1S/C19H20N4O/c1-19(13-20,15-9-10-15)23-17(24)12-22-16-8-5-11-21-18(16)14-6-3-2-4-7-14/h2-8,11,15,22H,9-10,12H2,1H3,(H,23,24). The lowest BCUT2D eigenvalue weighted by Gasteiger charge is -2.23. The molecule has 2 N–H and O–H groups in total. The number of aromatic nitrogens is 1. The van der Waals surface area contributed by atoms with Crippen LogP contribution in [-0.4, -0.2) is 23.0 Å². The van der Waals surface area contributed by atoms with Crippen molar-refractivity contribution in [3.05, 3.63) is 48.7 Å². The van der Waals surface area contributed by atoms with Gasteiger partial charge in [0, 0.05) is 11.8 Å². The van der Waals surface area contributed by atoms with Crippen molar-refractivity contribution in [3.63, 3.8) is 0 Å². The zero-order valence-electron chi connectivity index (χ0n) is 13.6. The van der Waals surface area contributed by atoms with E-state index in [0.717, 1.165) is 29.8 Å². The maximum absolute atomic E-state index is 12.2. The summed E-state index contributed by atoms with van der Waals surface area (Å²) in [5.74, 6) is 0.0820. The molecule has 0 spiro atoms. The summed E-state index contributed by atoms with van der Waals surface area (Å²) in [6.07, 6.45) is 3.73. The molecule has 0 radical (unpaired) electrons. The number of anilines is 1. The number of benzene rings is 1. The molecular weight excluding hydrogens is 300 g/mol. The van der Waals surface area contributed by atoms with E-state index in [1.165, 1.54) is 0 Å². The summed E-state index contributed by atoms with van der Waals surface area (Å²) in [4.78, 5) is 16.6. The van der Waals surface area contributed by atoms with Gasteiger partial charge >= 0.3 is 0 Å². The molecular formula is C19H20N4O. The highest BCUT2D eigenvalue weighted by Gasteiger charge is 2.42. The lowest BCUT2D eigenvalue weighted by Crippen LogP contribution is -2.48. The third-order valence-electron chi connectivity index (χ3n) is 4.32. The van der Waals surface area contributed by atoms with E-state index >= 15 is 0 Å². The largest absolute Gasteiger partial charge is 0.374 e. The summed E-state index contributed by atoms with van der Waals surface area (Å²) in [5, 5.41) is 15.3. The molecule has 0 bridgehead atoms. The van der Waals surface area contributed by atoms with Crippen molar-refractivity contribution in [3.8, 4) is 17.3 Å². The molecule has 1 aliphatic rings. The van der Waals surface area contributed by atoms with Crippen molar-refractivity contribution < 1.29 is 4.79 Å². The fourth-order valence-electron chi connectivity index (χ4n) is 2.77. The van der Waals surface area contributed by atoms with Gasteiger partial charge in [-0.3, -0.25) is 9.78 Å². The number of nitrogens with zero attached hydrogens (tertiary/aromatic N) is 2. The highest BCUT2D eigenvalue weighted by Crippen LogP contribution is 2.39. The molecule has 1 aromatic carbocycles. The molecule has 0 aliphatic heterocycles. The van der Waals surface area contributed by atoms with E-state index in [0.29, 0.717) is 0 Å². The van der Waals surface area contributed by atoms with Crippen LogP contribution in [0.25, 0.3) is 11.3 Å². The van der Waals surface area contributed by atoms with Crippen LogP contribution in [0.15, 0.2) is 48.7 Å². The lowest BCUT2D eigenvalue weighted by atomic mass is 9.98. The molecule has 1 aromatic heterocycles. The van der Waals surface area contributed by atoms with Crippen molar-refractivity contribution in [2.45, 2.75) is 25.3 Å². The minimum atomic E-state index is -0.768. The van der Waals surface area contributed by atoms with E-state index < -0.39 is 5.54 Å². The first-order valence-electron chi connectivity index (χ1n) is 8.09. The van der Waals surface area contributed by atoms with Crippen LogP contribution in [0, 0.1) is 17.2 Å². The third-order valence-corrected chi connectivity index (χ3v) is 4.32. The Morgan fingerprint density at radius 2 is 2.04 bits per heavy atom. The Labute approximate surface area is 141 Å². The Morgan fingerprint density at radius 1 is 1.29 bits per heavy atom. The molecule has 122 valence electrons. The normalized spacial score (nSPS) is 15.8. The predicted molar refractivity (Wildman–Crippen MR) is 93.0 cm³/mol. The van der Waals surface area contributed by atoms with Gasteiger partial charge in [0.05, 0.1) is 24.0 Å². The zero-order valence-corrected chi connectivity index (χ0v) is 13.6. The Morgan fingerprint density at radius 3 is 2.71 bits per heavy atom. The van der Waals surface area contributed by atoms with Gasteiger partial charge in [-0.1, -0.05) is 30.3 Å². The molecule has 1 fully saturated rings. The van der Waals surface area contributed by atoms with Gasteiger partial charge in [-0.15, -0.1) is 0 Å². The Hall–Kier alpha value is -2.87. The summed E-state index contributed by atoms with van der Waals surface area (Å²) < 4.78 is 0. The van der Waals surface area contributed by atoms with Crippen LogP contribution in [0.4, 0.5) is 5.69 Å². The second-order valence-corrected chi connectivity index (χ2v) is 6.26. The summed E-state index contributed by atoms with van der Waals surface area (Å²) in [6.45, 7) is 1.90.